The van der Waals surface area contributed by atoms with Crippen LogP contribution in [0, 0.1) is 0 Å². The molecule has 110 valence electrons. The maximum absolute atomic E-state index is 12.1. The molecule has 0 saturated carbocycles. The van der Waals surface area contributed by atoms with Gasteiger partial charge in [-0.25, -0.2) is 9.59 Å². The van der Waals surface area contributed by atoms with Crippen LogP contribution in [0.1, 0.15) is 19.4 Å². The van der Waals surface area contributed by atoms with E-state index in [0.717, 1.165) is 0 Å². The highest BCUT2D eigenvalue weighted by Crippen LogP contribution is 2.24. The van der Waals surface area contributed by atoms with Crippen LogP contribution in [0.5, 0.6) is 5.75 Å². The van der Waals surface area contributed by atoms with Crippen LogP contribution in [-0.2, 0) is 24.6 Å². The summed E-state index contributed by atoms with van der Waals surface area (Å²) < 4.78 is 14.8. The summed E-state index contributed by atoms with van der Waals surface area (Å²) in [7, 11) is 1.52. The molecule has 1 aromatic rings. The number of hydrogen-bond acceptors (Lipinski definition) is 6. The van der Waals surface area contributed by atoms with E-state index < -0.39 is 17.5 Å². The summed E-state index contributed by atoms with van der Waals surface area (Å²) in [6.45, 7) is 3.51. The highest BCUT2D eigenvalue weighted by Gasteiger charge is 2.47. The molecule has 0 aliphatic carbocycles. The lowest BCUT2D eigenvalue weighted by Crippen LogP contribution is -2.53. The normalized spacial score (nSPS) is 10.8. The second-order valence-corrected chi connectivity index (χ2v) is 3.98. The Hall–Kier alpha value is -2.08. The second-order valence-electron chi connectivity index (χ2n) is 3.98. The molecular formula is C14H19NO5. The van der Waals surface area contributed by atoms with Crippen molar-refractivity contribution in [2.45, 2.75) is 19.4 Å². The van der Waals surface area contributed by atoms with Crippen LogP contribution in [0.2, 0.25) is 0 Å². The number of carbonyl (C=O) groups is 2. The standard InChI is InChI=1S/C14H19NO5/c1-4-19-12(16)14(15,13(17)20-5-2)10-6-8-11(18-3)9-7-10/h6-9H,4-5,15H2,1-3H3. The molecule has 0 unspecified atom stereocenters. The van der Waals surface area contributed by atoms with E-state index in [1.807, 2.05) is 0 Å². The zero-order chi connectivity index (χ0) is 15.2. The van der Waals surface area contributed by atoms with Gasteiger partial charge in [0.1, 0.15) is 5.75 Å². The van der Waals surface area contributed by atoms with E-state index in [1.54, 1.807) is 26.0 Å². The van der Waals surface area contributed by atoms with Crippen molar-refractivity contribution in [1.29, 1.82) is 0 Å². The Morgan fingerprint density at radius 1 is 1.05 bits per heavy atom. The maximum atomic E-state index is 12.1. The SMILES string of the molecule is CCOC(=O)C(N)(C(=O)OCC)c1ccc(OC)cc1. The van der Waals surface area contributed by atoms with E-state index in [-0.39, 0.29) is 18.8 Å². The van der Waals surface area contributed by atoms with Gasteiger partial charge in [-0.1, -0.05) is 12.1 Å². The zero-order valence-corrected chi connectivity index (χ0v) is 11.8. The minimum absolute atomic E-state index is 0.118. The van der Waals surface area contributed by atoms with Crippen LogP contribution >= 0.6 is 0 Å². The molecule has 0 radical (unpaired) electrons. The van der Waals surface area contributed by atoms with Crippen molar-refractivity contribution in [1.82, 2.24) is 0 Å². The van der Waals surface area contributed by atoms with Crippen LogP contribution in [0.25, 0.3) is 0 Å². The molecule has 0 saturated heterocycles. The summed E-state index contributed by atoms with van der Waals surface area (Å²) in [6, 6.07) is 6.28. The summed E-state index contributed by atoms with van der Waals surface area (Å²) in [4.78, 5) is 24.1. The van der Waals surface area contributed by atoms with Gasteiger partial charge in [0.25, 0.3) is 0 Å². The Balaban J connectivity index is 3.20. The first-order valence-corrected chi connectivity index (χ1v) is 6.28. The molecule has 0 fully saturated rings. The van der Waals surface area contributed by atoms with Crippen LogP contribution in [-0.4, -0.2) is 32.3 Å². The first-order chi connectivity index (χ1) is 9.50. The number of rotatable bonds is 6. The predicted molar refractivity (Wildman–Crippen MR) is 72.1 cm³/mol. The lowest BCUT2D eigenvalue weighted by atomic mass is 9.91. The lowest BCUT2D eigenvalue weighted by molar-refractivity contribution is -0.164. The predicted octanol–water partition coefficient (Wildman–Crippen LogP) is 0.975. The molecule has 1 aromatic carbocycles. The van der Waals surface area contributed by atoms with Crippen LogP contribution in [0.15, 0.2) is 24.3 Å². The smallest absolute Gasteiger partial charge is 0.342 e. The average Bonchev–Trinajstić information content (AvgIpc) is 2.47. The maximum Gasteiger partial charge on any atom is 0.342 e. The van der Waals surface area contributed by atoms with Crippen LogP contribution < -0.4 is 10.5 Å². The molecule has 0 heterocycles. The van der Waals surface area contributed by atoms with Crippen molar-refractivity contribution in [2.75, 3.05) is 20.3 Å². The molecule has 1 rings (SSSR count). The number of methoxy groups -OCH3 is 1. The molecule has 0 atom stereocenters. The molecular weight excluding hydrogens is 262 g/mol. The number of benzene rings is 1. The van der Waals surface area contributed by atoms with Crippen molar-refractivity contribution < 1.29 is 23.8 Å². The monoisotopic (exact) mass is 281 g/mol. The van der Waals surface area contributed by atoms with Gasteiger partial charge in [0.15, 0.2) is 0 Å². The third-order valence-electron chi connectivity index (χ3n) is 2.74. The van der Waals surface area contributed by atoms with Gasteiger partial charge in [-0.15, -0.1) is 0 Å². The molecule has 0 spiro atoms. The fourth-order valence-corrected chi connectivity index (χ4v) is 1.66. The first kappa shape index (κ1) is 16.0. The van der Waals surface area contributed by atoms with Crippen molar-refractivity contribution in [2.24, 2.45) is 5.73 Å². The summed E-state index contributed by atoms with van der Waals surface area (Å²) in [5, 5.41) is 0. The van der Waals surface area contributed by atoms with E-state index in [1.165, 1.54) is 19.2 Å². The van der Waals surface area contributed by atoms with E-state index in [9.17, 15) is 9.59 Å². The minimum Gasteiger partial charge on any atom is -0.497 e. The number of carbonyl (C=O) groups excluding carboxylic acids is 2. The molecule has 6 heteroatoms. The third kappa shape index (κ3) is 3.08. The number of hydrogen-bond donors (Lipinski definition) is 1. The van der Waals surface area contributed by atoms with Gasteiger partial charge < -0.3 is 19.9 Å². The van der Waals surface area contributed by atoms with Crippen LogP contribution in [0.3, 0.4) is 0 Å². The summed E-state index contributed by atoms with van der Waals surface area (Å²) >= 11 is 0. The topological polar surface area (TPSA) is 87.9 Å². The molecule has 0 aromatic heterocycles. The Morgan fingerprint density at radius 2 is 1.50 bits per heavy atom. The summed E-state index contributed by atoms with van der Waals surface area (Å²) in [5.41, 5.74) is 4.29. The highest BCUT2D eigenvalue weighted by atomic mass is 16.6. The summed E-state index contributed by atoms with van der Waals surface area (Å²) in [5.74, 6) is -1.10. The van der Waals surface area contributed by atoms with E-state index in [4.69, 9.17) is 19.9 Å². The largest absolute Gasteiger partial charge is 0.497 e. The third-order valence-corrected chi connectivity index (χ3v) is 2.74. The highest BCUT2D eigenvalue weighted by molar-refractivity contribution is 6.05. The van der Waals surface area contributed by atoms with E-state index in [2.05, 4.69) is 0 Å². The van der Waals surface area contributed by atoms with Gasteiger partial charge in [0.05, 0.1) is 20.3 Å². The average molecular weight is 281 g/mol. The van der Waals surface area contributed by atoms with Crippen molar-refractivity contribution in [3.05, 3.63) is 29.8 Å². The Labute approximate surface area is 117 Å². The molecule has 2 N–H and O–H groups in total. The fourth-order valence-electron chi connectivity index (χ4n) is 1.66. The number of nitrogens with two attached hydrogens (primary N) is 1. The molecule has 20 heavy (non-hydrogen) atoms. The van der Waals surface area contributed by atoms with Crippen molar-refractivity contribution in [3.63, 3.8) is 0 Å². The molecule has 0 aliphatic rings. The lowest BCUT2D eigenvalue weighted by Gasteiger charge is -2.25. The Kier molecular flexibility index (Phi) is 5.52. The van der Waals surface area contributed by atoms with Crippen LogP contribution in [0.4, 0.5) is 0 Å². The Morgan fingerprint density at radius 3 is 1.85 bits per heavy atom. The molecule has 0 amide bonds. The zero-order valence-electron chi connectivity index (χ0n) is 11.8. The first-order valence-electron chi connectivity index (χ1n) is 6.28. The van der Waals surface area contributed by atoms with Gasteiger partial charge in [0, 0.05) is 0 Å². The molecule has 0 bridgehead atoms. The molecule has 0 aliphatic heterocycles. The Bertz CT molecular complexity index is 451. The number of esters is 2. The van der Waals surface area contributed by atoms with E-state index >= 15 is 0 Å². The van der Waals surface area contributed by atoms with E-state index in [0.29, 0.717) is 5.75 Å². The molecule has 6 nitrogen and oxygen atoms in total. The van der Waals surface area contributed by atoms with Crippen molar-refractivity contribution in [3.8, 4) is 5.75 Å². The van der Waals surface area contributed by atoms with Crippen molar-refractivity contribution >= 4 is 11.9 Å². The van der Waals surface area contributed by atoms with Gasteiger partial charge >= 0.3 is 11.9 Å². The summed E-state index contributed by atoms with van der Waals surface area (Å²) in [6.07, 6.45) is 0. The quantitative estimate of drug-likeness (QED) is 0.617. The van der Waals surface area contributed by atoms with Gasteiger partial charge in [-0.3, -0.25) is 0 Å². The second kappa shape index (κ2) is 6.91. The number of ether oxygens (including phenoxy) is 3. The minimum atomic E-state index is -1.97. The van der Waals surface area contributed by atoms with Gasteiger partial charge in [-0.05, 0) is 31.5 Å². The fraction of sp³-hybridized carbons (Fsp3) is 0.429. The van der Waals surface area contributed by atoms with Gasteiger partial charge in [0.2, 0.25) is 5.54 Å². The van der Waals surface area contributed by atoms with Gasteiger partial charge in [-0.2, -0.15) is 0 Å².